The highest BCUT2D eigenvalue weighted by molar-refractivity contribution is 9.09. The van der Waals surface area contributed by atoms with E-state index in [4.69, 9.17) is 0 Å². The lowest BCUT2D eigenvalue weighted by atomic mass is 10.0. The summed E-state index contributed by atoms with van der Waals surface area (Å²) >= 11 is 3.35. The number of aliphatic hydroxyl groups is 1. The predicted molar refractivity (Wildman–Crippen MR) is 48.4 cm³/mol. The Bertz CT molecular complexity index is 112. The van der Waals surface area contributed by atoms with E-state index in [0.717, 1.165) is 17.3 Å². The Morgan fingerprint density at radius 2 is 2.20 bits per heavy atom. The van der Waals surface area contributed by atoms with E-state index in [2.05, 4.69) is 29.4 Å². The number of hydrogen-bond donors (Lipinski definition) is 1. The average molecular weight is 207 g/mol. The zero-order valence-corrected chi connectivity index (χ0v) is 8.19. The summed E-state index contributed by atoms with van der Waals surface area (Å²) in [5, 5.41) is 10.2. The fourth-order valence-electron chi connectivity index (χ4n) is 0.645. The number of aliphatic hydroxyl groups excluding tert-OH is 1. The Labute approximate surface area is 71.3 Å². The number of hydrogen-bond acceptors (Lipinski definition) is 1. The molecule has 0 saturated heterocycles. The molecule has 0 heterocycles. The summed E-state index contributed by atoms with van der Waals surface area (Å²) in [6.45, 7) is 7.63. The SMILES string of the molecule is C=C(C)C(O)CC(C)CBr. The Morgan fingerprint density at radius 1 is 1.70 bits per heavy atom. The van der Waals surface area contributed by atoms with Crippen molar-refractivity contribution in [3.8, 4) is 0 Å². The van der Waals surface area contributed by atoms with E-state index in [-0.39, 0.29) is 6.10 Å². The van der Waals surface area contributed by atoms with Gasteiger partial charge in [0.1, 0.15) is 0 Å². The maximum Gasteiger partial charge on any atom is 0.0747 e. The third-order valence-corrected chi connectivity index (χ3v) is 2.56. The summed E-state index contributed by atoms with van der Waals surface area (Å²) in [7, 11) is 0. The minimum Gasteiger partial charge on any atom is -0.389 e. The quantitative estimate of drug-likeness (QED) is 0.554. The third kappa shape index (κ3) is 4.07. The second kappa shape index (κ2) is 4.91. The maximum atomic E-state index is 9.31. The fourth-order valence-corrected chi connectivity index (χ4v) is 0.910. The van der Waals surface area contributed by atoms with Crippen molar-refractivity contribution in [1.29, 1.82) is 0 Å². The van der Waals surface area contributed by atoms with Crippen molar-refractivity contribution in [3.05, 3.63) is 12.2 Å². The Balaban J connectivity index is 3.56. The van der Waals surface area contributed by atoms with E-state index < -0.39 is 0 Å². The van der Waals surface area contributed by atoms with E-state index in [1.807, 2.05) is 6.92 Å². The van der Waals surface area contributed by atoms with E-state index in [1.165, 1.54) is 0 Å². The molecule has 2 unspecified atom stereocenters. The number of rotatable bonds is 4. The lowest BCUT2D eigenvalue weighted by Gasteiger charge is -2.13. The molecule has 1 nitrogen and oxygen atoms in total. The van der Waals surface area contributed by atoms with Crippen LogP contribution in [-0.2, 0) is 0 Å². The van der Waals surface area contributed by atoms with Gasteiger partial charge in [0.25, 0.3) is 0 Å². The molecule has 0 aliphatic heterocycles. The molecular weight excluding hydrogens is 192 g/mol. The van der Waals surface area contributed by atoms with Crippen molar-refractivity contribution in [2.45, 2.75) is 26.4 Å². The van der Waals surface area contributed by atoms with E-state index in [9.17, 15) is 5.11 Å². The smallest absolute Gasteiger partial charge is 0.0747 e. The minimum atomic E-state index is -0.326. The molecule has 60 valence electrons. The van der Waals surface area contributed by atoms with Crippen LogP contribution in [0.3, 0.4) is 0 Å². The molecule has 0 aromatic carbocycles. The van der Waals surface area contributed by atoms with Crippen molar-refractivity contribution < 1.29 is 5.11 Å². The summed E-state index contributed by atoms with van der Waals surface area (Å²) in [6, 6.07) is 0. The summed E-state index contributed by atoms with van der Waals surface area (Å²) < 4.78 is 0. The van der Waals surface area contributed by atoms with Gasteiger partial charge in [0.15, 0.2) is 0 Å². The average Bonchev–Trinajstić information content (AvgIpc) is 1.87. The molecular formula is C8H15BrO. The number of alkyl halides is 1. The molecule has 0 bridgehead atoms. The lowest BCUT2D eigenvalue weighted by molar-refractivity contribution is 0.185. The third-order valence-electron chi connectivity index (χ3n) is 1.46. The summed E-state index contributed by atoms with van der Waals surface area (Å²) in [4.78, 5) is 0. The minimum absolute atomic E-state index is 0.326. The first-order valence-corrected chi connectivity index (χ1v) is 4.59. The lowest BCUT2D eigenvalue weighted by Crippen LogP contribution is -2.12. The van der Waals surface area contributed by atoms with E-state index in [1.54, 1.807) is 0 Å². The molecule has 0 radical (unpaired) electrons. The highest BCUT2D eigenvalue weighted by Crippen LogP contribution is 2.12. The first kappa shape index (κ1) is 10.2. The van der Waals surface area contributed by atoms with Crippen molar-refractivity contribution in [2.75, 3.05) is 5.33 Å². The van der Waals surface area contributed by atoms with E-state index in [0.29, 0.717) is 5.92 Å². The molecule has 10 heavy (non-hydrogen) atoms. The highest BCUT2D eigenvalue weighted by atomic mass is 79.9. The first-order valence-electron chi connectivity index (χ1n) is 3.47. The van der Waals surface area contributed by atoms with Gasteiger partial charge in [0.2, 0.25) is 0 Å². The van der Waals surface area contributed by atoms with Crippen LogP contribution in [0.4, 0.5) is 0 Å². The van der Waals surface area contributed by atoms with Gasteiger partial charge in [0.05, 0.1) is 6.10 Å². The molecule has 0 amide bonds. The van der Waals surface area contributed by atoms with Crippen LogP contribution in [0.1, 0.15) is 20.3 Å². The van der Waals surface area contributed by atoms with Crippen LogP contribution in [0.5, 0.6) is 0 Å². The van der Waals surface area contributed by atoms with Crippen LogP contribution < -0.4 is 0 Å². The molecule has 0 aliphatic rings. The van der Waals surface area contributed by atoms with Gasteiger partial charge < -0.3 is 5.11 Å². The monoisotopic (exact) mass is 206 g/mol. The molecule has 0 aromatic heterocycles. The van der Waals surface area contributed by atoms with Gasteiger partial charge in [0, 0.05) is 5.33 Å². The number of halogens is 1. The maximum absolute atomic E-state index is 9.31. The van der Waals surface area contributed by atoms with Crippen LogP contribution in [0.15, 0.2) is 12.2 Å². The van der Waals surface area contributed by atoms with Gasteiger partial charge in [-0.2, -0.15) is 0 Å². The van der Waals surface area contributed by atoms with Gasteiger partial charge in [-0.15, -0.1) is 0 Å². The Morgan fingerprint density at radius 3 is 2.50 bits per heavy atom. The summed E-state index contributed by atoms with van der Waals surface area (Å²) in [6.07, 6.45) is 0.480. The topological polar surface area (TPSA) is 20.2 Å². The molecule has 0 aromatic rings. The van der Waals surface area contributed by atoms with Gasteiger partial charge >= 0.3 is 0 Å². The summed E-state index contributed by atoms with van der Waals surface area (Å²) in [5.74, 6) is 0.520. The van der Waals surface area contributed by atoms with Crippen molar-refractivity contribution in [3.63, 3.8) is 0 Å². The van der Waals surface area contributed by atoms with Gasteiger partial charge in [-0.05, 0) is 19.3 Å². The molecule has 0 spiro atoms. The normalized spacial score (nSPS) is 16.4. The van der Waals surface area contributed by atoms with Gasteiger partial charge in [-0.3, -0.25) is 0 Å². The standard InChI is InChI=1S/C8H15BrO/c1-6(2)8(10)4-7(3)5-9/h7-8,10H,1,4-5H2,2-3H3. The molecule has 2 atom stereocenters. The van der Waals surface area contributed by atoms with Crippen molar-refractivity contribution in [2.24, 2.45) is 5.92 Å². The zero-order valence-electron chi connectivity index (χ0n) is 6.60. The predicted octanol–water partition coefficient (Wildman–Crippen LogP) is 2.34. The molecule has 0 aliphatic carbocycles. The van der Waals surface area contributed by atoms with Crippen molar-refractivity contribution >= 4 is 15.9 Å². The van der Waals surface area contributed by atoms with Crippen LogP contribution in [0.25, 0.3) is 0 Å². The Hall–Kier alpha value is 0.180. The second-order valence-corrected chi connectivity index (χ2v) is 3.50. The Kier molecular flexibility index (Phi) is 5.00. The second-order valence-electron chi connectivity index (χ2n) is 2.86. The van der Waals surface area contributed by atoms with E-state index >= 15 is 0 Å². The van der Waals surface area contributed by atoms with Crippen molar-refractivity contribution in [1.82, 2.24) is 0 Å². The van der Waals surface area contributed by atoms with Crippen LogP contribution in [0, 0.1) is 5.92 Å². The van der Waals surface area contributed by atoms with Crippen LogP contribution >= 0.6 is 15.9 Å². The molecule has 0 saturated carbocycles. The molecule has 0 fully saturated rings. The van der Waals surface area contributed by atoms with Gasteiger partial charge in [-0.1, -0.05) is 35.0 Å². The fraction of sp³-hybridized carbons (Fsp3) is 0.750. The summed E-state index contributed by atoms with van der Waals surface area (Å²) in [5.41, 5.74) is 0.854. The van der Waals surface area contributed by atoms with Crippen LogP contribution in [-0.4, -0.2) is 16.5 Å². The largest absolute Gasteiger partial charge is 0.389 e. The molecule has 0 rings (SSSR count). The molecule has 1 N–H and O–H groups in total. The first-order chi connectivity index (χ1) is 4.57. The zero-order chi connectivity index (χ0) is 8.15. The van der Waals surface area contributed by atoms with Gasteiger partial charge in [-0.25, -0.2) is 0 Å². The highest BCUT2D eigenvalue weighted by Gasteiger charge is 2.08. The van der Waals surface area contributed by atoms with Crippen LogP contribution in [0.2, 0.25) is 0 Å². The molecule has 2 heteroatoms.